The van der Waals surface area contributed by atoms with Crippen LogP contribution in [-0.2, 0) is 16.6 Å². The van der Waals surface area contributed by atoms with E-state index >= 15 is 0 Å². The van der Waals surface area contributed by atoms with E-state index in [4.69, 9.17) is 0 Å². The SMILES string of the molecule is Cc1cc(NCc2ccc(S(=O)(=O)N(C)C)s2)nc(C)n1. The van der Waals surface area contributed by atoms with E-state index < -0.39 is 10.0 Å². The molecule has 0 unspecified atom stereocenters. The summed E-state index contributed by atoms with van der Waals surface area (Å²) in [6.07, 6.45) is 0. The Morgan fingerprint density at radius 3 is 2.57 bits per heavy atom. The number of nitrogens with one attached hydrogen (secondary N) is 1. The molecule has 2 rings (SSSR count). The zero-order valence-corrected chi connectivity index (χ0v) is 14.0. The zero-order valence-electron chi connectivity index (χ0n) is 12.4. The Morgan fingerprint density at radius 2 is 1.95 bits per heavy atom. The van der Waals surface area contributed by atoms with Crippen LogP contribution in [0, 0.1) is 13.8 Å². The molecular weight excluding hydrogens is 308 g/mol. The lowest BCUT2D eigenvalue weighted by atomic mass is 10.4. The molecule has 0 spiro atoms. The second-order valence-electron chi connectivity index (χ2n) is 4.80. The van der Waals surface area contributed by atoms with Crippen molar-refractivity contribution in [3.8, 4) is 0 Å². The number of hydrogen-bond acceptors (Lipinski definition) is 6. The minimum Gasteiger partial charge on any atom is -0.365 e. The summed E-state index contributed by atoms with van der Waals surface area (Å²) in [4.78, 5) is 9.44. The maximum Gasteiger partial charge on any atom is 0.252 e. The highest BCUT2D eigenvalue weighted by molar-refractivity contribution is 7.91. The highest BCUT2D eigenvalue weighted by Crippen LogP contribution is 2.24. The van der Waals surface area contributed by atoms with E-state index in [1.165, 1.54) is 29.7 Å². The minimum atomic E-state index is -3.35. The molecule has 0 saturated heterocycles. The summed E-state index contributed by atoms with van der Waals surface area (Å²) in [6.45, 7) is 4.28. The predicted octanol–water partition coefficient (Wildman–Crippen LogP) is 2.02. The first kappa shape index (κ1) is 15.9. The number of aromatic nitrogens is 2. The van der Waals surface area contributed by atoms with Crippen LogP contribution in [0.4, 0.5) is 5.82 Å². The molecule has 1 N–H and O–H groups in total. The third-order valence-electron chi connectivity index (χ3n) is 2.78. The molecule has 0 aromatic carbocycles. The maximum atomic E-state index is 12.0. The highest BCUT2D eigenvalue weighted by Gasteiger charge is 2.19. The van der Waals surface area contributed by atoms with Crippen molar-refractivity contribution in [1.29, 1.82) is 0 Å². The average molecular weight is 326 g/mol. The van der Waals surface area contributed by atoms with Crippen molar-refractivity contribution in [3.05, 3.63) is 34.6 Å². The molecule has 0 aliphatic rings. The van der Waals surface area contributed by atoms with E-state index in [1.54, 1.807) is 6.07 Å². The van der Waals surface area contributed by atoms with E-state index in [2.05, 4.69) is 15.3 Å². The molecule has 0 radical (unpaired) electrons. The molecule has 0 bridgehead atoms. The fraction of sp³-hybridized carbons (Fsp3) is 0.385. The maximum absolute atomic E-state index is 12.0. The molecule has 0 aliphatic heterocycles. The second-order valence-corrected chi connectivity index (χ2v) is 8.35. The topological polar surface area (TPSA) is 75.2 Å². The summed E-state index contributed by atoms with van der Waals surface area (Å²) < 4.78 is 25.6. The van der Waals surface area contributed by atoms with Crippen LogP contribution in [0.25, 0.3) is 0 Å². The largest absolute Gasteiger partial charge is 0.365 e. The first-order valence-corrected chi connectivity index (χ1v) is 8.62. The van der Waals surface area contributed by atoms with Crippen LogP contribution in [0.15, 0.2) is 22.4 Å². The van der Waals surface area contributed by atoms with E-state index in [1.807, 2.05) is 26.0 Å². The lowest BCUT2D eigenvalue weighted by molar-refractivity contribution is 0.523. The predicted molar refractivity (Wildman–Crippen MR) is 84.0 cm³/mol. The second kappa shape index (κ2) is 6.08. The van der Waals surface area contributed by atoms with Gasteiger partial charge in [0.1, 0.15) is 15.9 Å². The number of aryl methyl sites for hydroxylation is 2. The molecule has 8 heteroatoms. The van der Waals surface area contributed by atoms with E-state index in [0.717, 1.165) is 16.4 Å². The third-order valence-corrected chi connectivity index (χ3v) is 6.15. The number of hydrogen-bond donors (Lipinski definition) is 1. The van der Waals surface area contributed by atoms with Crippen molar-refractivity contribution in [2.75, 3.05) is 19.4 Å². The van der Waals surface area contributed by atoms with Crippen LogP contribution in [0.3, 0.4) is 0 Å². The summed E-state index contributed by atoms with van der Waals surface area (Å²) >= 11 is 1.26. The number of sulfonamides is 1. The van der Waals surface area contributed by atoms with Crippen LogP contribution in [0.5, 0.6) is 0 Å². The molecule has 21 heavy (non-hydrogen) atoms. The monoisotopic (exact) mass is 326 g/mol. The lowest BCUT2D eigenvalue weighted by Crippen LogP contribution is -2.21. The molecule has 0 amide bonds. The van der Waals surface area contributed by atoms with Crippen molar-refractivity contribution < 1.29 is 8.42 Å². The summed E-state index contributed by atoms with van der Waals surface area (Å²) in [6, 6.07) is 5.31. The van der Waals surface area contributed by atoms with E-state index in [9.17, 15) is 8.42 Å². The van der Waals surface area contributed by atoms with Gasteiger partial charge in [0.05, 0.1) is 6.54 Å². The first-order valence-electron chi connectivity index (χ1n) is 6.36. The molecule has 2 heterocycles. The fourth-order valence-corrected chi connectivity index (χ4v) is 4.22. The Bertz CT molecular complexity index is 718. The standard InChI is InChI=1S/C13H18N4O2S2/c1-9-7-12(16-10(2)15-9)14-8-11-5-6-13(20-11)21(18,19)17(3)4/h5-7H,8H2,1-4H3,(H,14,15,16). The Hall–Kier alpha value is -1.51. The summed E-state index contributed by atoms with van der Waals surface area (Å²) in [7, 11) is -0.300. The number of nitrogens with zero attached hydrogens (tertiary/aromatic N) is 3. The van der Waals surface area contributed by atoms with Crippen LogP contribution >= 0.6 is 11.3 Å². The summed E-state index contributed by atoms with van der Waals surface area (Å²) in [5.41, 5.74) is 0.895. The molecule has 2 aromatic heterocycles. The summed E-state index contributed by atoms with van der Waals surface area (Å²) in [5.74, 6) is 1.45. The van der Waals surface area contributed by atoms with Gasteiger partial charge in [-0.05, 0) is 26.0 Å². The van der Waals surface area contributed by atoms with Crippen molar-refractivity contribution >= 4 is 27.2 Å². The van der Waals surface area contributed by atoms with Crippen molar-refractivity contribution in [3.63, 3.8) is 0 Å². The number of rotatable bonds is 5. The van der Waals surface area contributed by atoms with Crippen LogP contribution in [-0.4, -0.2) is 36.8 Å². The highest BCUT2D eigenvalue weighted by atomic mass is 32.2. The number of thiophene rings is 1. The molecule has 2 aromatic rings. The number of anilines is 1. The van der Waals surface area contributed by atoms with Gasteiger partial charge in [0, 0.05) is 30.7 Å². The Labute approximate surface area is 128 Å². The van der Waals surface area contributed by atoms with Gasteiger partial charge in [0.2, 0.25) is 0 Å². The normalized spacial score (nSPS) is 11.9. The van der Waals surface area contributed by atoms with Gasteiger partial charge in [-0.2, -0.15) is 0 Å². The van der Waals surface area contributed by atoms with Crippen molar-refractivity contribution in [2.24, 2.45) is 0 Å². The Morgan fingerprint density at radius 1 is 1.24 bits per heavy atom. The fourth-order valence-electron chi connectivity index (χ4n) is 1.76. The van der Waals surface area contributed by atoms with Crippen molar-refractivity contribution in [1.82, 2.24) is 14.3 Å². The van der Waals surface area contributed by atoms with Gasteiger partial charge in [-0.25, -0.2) is 22.7 Å². The van der Waals surface area contributed by atoms with Gasteiger partial charge >= 0.3 is 0 Å². The van der Waals surface area contributed by atoms with Crippen molar-refractivity contribution in [2.45, 2.75) is 24.6 Å². The van der Waals surface area contributed by atoms with E-state index in [0.29, 0.717) is 16.6 Å². The molecule has 0 aliphatic carbocycles. The molecular formula is C13H18N4O2S2. The van der Waals surface area contributed by atoms with Gasteiger partial charge in [0.15, 0.2) is 0 Å². The smallest absolute Gasteiger partial charge is 0.252 e. The molecule has 0 fully saturated rings. The third kappa shape index (κ3) is 3.78. The summed E-state index contributed by atoms with van der Waals surface area (Å²) in [5, 5.41) is 3.19. The minimum absolute atomic E-state index is 0.347. The Balaban J connectivity index is 2.10. The molecule has 0 saturated carbocycles. The van der Waals surface area contributed by atoms with Gasteiger partial charge in [-0.3, -0.25) is 0 Å². The molecule has 0 atom stereocenters. The first-order chi connectivity index (χ1) is 9.79. The van der Waals surface area contributed by atoms with Crippen LogP contribution in [0.1, 0.15) is 16.4 Å². The molecule has 6 nitrogen and oxygen atoms in total. The average Bonchev–Trinajstić information content (AvgIpc) is 2.84. The van der Waals surface area contributed by atoms with Gasteiger partial charge in [0.25, 0.3) is 10.0 Å². The van der Waals surface area contributed by atoms with Gasteiger partial charge in [-0.1, -0.05) is 0 Å². The van der Waals surface area contributed by atoms with Gasteiger partial charge in [-0.15, -0.1) is 11.3 Å². The van der Waals surface area contributed by atoms with Gasteiger partial charge < -0.3 is 5.32 Å². The van der Waals surface area contributed by atoms with Crippen LogP contribution in [0.2, 0.25) is 0 Å². The molecule has 114 valence electrons. The Kier molecular flexibility index (Phi) is 4.60. The lowest BCUT2D eigenvalue weighted by Gasteiger charge is -2.08. The quantitative estimate of drug-likeness (QED) is 0.910. The zero-order chi connectivity index (χ0) is 15.6. The van der Waals surface area contributed by atoms with Crippen LogP contribution < -0.4 is 5.32 Å². The van der Waals surface area contributed by atoms with E-state index in [-0.39, 0.29) is 0 Å².